The van der Waals surface area contributed by atoms with Crippen LogP contribution in [0.4, 0.5) is 5.69 Å². The van der Waals surface area contributed by atoms with Crippen LogP contribution in [0, 0.1) is 0 Å². The van der Waals surface area contributed by atoms with Gasteiger partial charge in [0.1, 0.15) is 0 Å². The van der Waals surface area contributed by atoms with Crippen LogP contribution in [-0.4, -0.2) is 54.3 Å². The molecule has 0 radical (unpaired) electrons. The Bertz CT molecular complexity index is 528. The minimum absolute atomic E-state index is 0.260. The molecule has 1 aromatic carbocycles. The lowest BCUT2D eigenvalue weighted by Gasteiger charge is -2.39. The van der Waals surface area contributed by atoms with Crippen molar-refractivity contribution in [3.8, 4) is 0 Å². The zero-order valence-corrected chi connectivity index (χ0v) is 14.0. The van der Waals surface area contributed by atoms with Crippen molar-refractivity contribution < 1.29 is 0 Å². The minimum Gasteiger partial charge on any atom is -0.398 e. The van der Waals surface area contributed by atoms with Crippen molar-refractivity contribution in [2.24, 2.45) is 4.99 Å². The molecule has 0 aromatic heterocycles. The SMILES string of the molecule is C=C(/N=C\c1ccccc1N)C(C)N1CCN(C(C)C)CC1. The van der Waals surface area contributed by atoms with Gasteiger partial charge in [-0.2, -0.15) is 0 Å². The summed E-state index contributed by atoms with van der Waals surface area (Å²) in [5.74, 6) is 0. The second-order valence-electron chi connectivity index (χ2n) is 6.22. The highest BCUT2D eigenvalue weighted by atomic mass is 15.3. The molecule has 1 aliphatic heterocycles. The van der Waals surface area contributed by atoms with E-state index in [2.05, 4.69) is 42.1 Å². The molecule has 22 heavy (non-hydrogen) atoms. The maximum absolute atomic E-state index is 5.93. The fraction of sp³-hybridized carbons (Fsp3) is 0.500. The molecule has 4 nitrogen and oxygen atoms in total. The van der Waals surface area contributed by atoms with Crippen LogP contribution >= 0.6 is 0 Å². The molecular weight excluding hydrogens is 272 g/mol. The number of aliphatic imine (C=N–C) groups is 1. The fourth-order valence-corrected chi connectivity index (χ4v) is 2.74. The maximum Gasteiger partial charge on any atom is 0.0501 e. The summed E-state index contributed by atoms with van der Waals surface area (Å²) in [6.45, 7) is 15.2. The number of anilines is 1. The lowest BCUT2D eigenvalue weighted by Crippen LogP contribution is -2.51. The lowest BCUT2D eigenvalue weighted by atomic mass is 10.1. The third-order valence-corrected chi connectivity index (χ3v) is 4.47. The van der Waals surface area contributed by atoms with Crippen LogP contribution in [0.2, 0.25) is 0 Å². The molecule has 0 aliphatic carbocycles. The molecule has 2 rings (SSSR count). The van der Waals surface area contributed by atoms with Crippen LogP contribution in [0.3, 0.4) is 0 Å². The molecule has 4 heteroatoms. The molecular formula is C18H28N4. The third kappa shape index (κ3) is 4.18. The molecule has 1 heterocycles. The number of nitrogens with zero attached hydrogens (tertiary/aromatic N) is 3. The lowest BCUT2D eigenvalue weighted by molar-refractivity contribution is 0.0928. The third-order valence-electron chi connectivity index (χ3n) is 4.47. The Morgan fingerprint density at radius 1 is 1.14 bits per heavy atom. The van der Waals surface area contributed by atoms with Crippen LogP contribution in [0.25, 0.3) is 0 Å². The number of nitrogens with two attached hydrogens (primary N) is 1. The summed E-state index contributed by atoms with van der Waals surface area (Å²) < 4.78 is 0. The van der Waals surface area contributed by atoms with Gasteiger partial charge in [0, 0.05) is 55.7 Å². The molecule has 120 valence electrons. The van der Waals surface area contributed by atoms with Crippen LogP contribution in [0.15, 0.2) is 41.5 Å². The van der Waals surface area contributed by atoms with Crippen molar-refractivity contribution in [2.75, 3.05) is 31.9 Å². The number of hydrogen-bond donors (Lipinski definition) is 1. The molecule has 0 amide bonds. The predicted molar refractivity (Wildman–Crippen MR) is 95.3 cm³/mol. The number of piperazine rings is 1. The largest absolute Gasteiger partial charge is 0.398 e. The van der Waals surface area contributed by atoms with Crippen molar-refractivity contribution in [2.45, 2.75) is 32.9 Å². The van der Waals surface area contributed by atoms with E-state index < -0.39 is 0 Å². The summed E-state index contributed by atoms with van der Waals surface area (Å²) in [7, 11) is 0. The van der Waals surface area contributed by atoms with Gasteiger partial charge < -0.3 is 5.73 Å². The Kier molecular flexibility index (Phi) is 5.75. The van der Waals surface area contributed by atoms with E-state index in [1.54, 1.807) is 0 Å². The van der Waals surface area contributed by atoms with Crippen molar-refractivity contribution in [1.29, 1.82) is 0 Å². The number of hydrogen-bond acceptors (Lipinski definition) is 4. The van der Waals surface area contributed by atoms with Crippen LogP contribution < -0.4 is 5.73 Å². The Morgan fingerprint density at radius 3 is 2.32 bits per heavy atom. The average molecular weight is 300 g/mol. The van der Waals surface area contributed by atoms with E-state index in [4.69, 9.17) is 5.73 Å². The number of para-hydroxylation sites is 1. The monoisotopic (exact) mass is 300 g/mol. The zero-order chi connectivity index (χ0) is 16.1. The molecule has 1 fully saturated rings. The summed E-state index contributed by atoms with van der Waals surface area (Å²) in [4.78, 5) is 9.49. The van der Waals surface area contributed by atoms with E-state index in [0.29, 0.717) is 6.04 Å². The summed E-state index contributed by atoms with van der Waals surface area (Å²) >= 11 is 0. The van der Waals surface area contributed by atoms with Gasteiger partial charge in [0.25, 0.3) is 0 Å². The highest BCUT2D eigenvalue weighted by molar-refractivity contribution is 5.87. The molecule has 0 spiro atoms. The molecule has 0 bridgehead atoms. The highest BCUT2D eigenvalue weighted by Gasteiger charge is 2.23. The van der Waals surface area contributed by atoms with E-state index in [1.165, 1.54) is 0 Å². The van der Waals surface area contributed by atoms with Gasteiger partial charge in [0.15, 0.2) is 0 Å². The second-order valence-corrected chi connectivity index (χ2v) is 6.22. The van der Waals surface area contributed by atoms with Gasteiger partial charge in [-0.15, -0.1) is 0 Å². The standard InChI is InChI=1S/C18H28N4/c1-14(2)21-9-11-22(12-10-21)16(4)15(3)20-13-17-7-5-6-8-18(17)19/h5-8,13-14,16H,3,9-12,19H2,1-2,4H3/b20-13-. The molecule has 2 N–H and O–H groups in total. The van der Waals surface area contributed by atoms with Gasteiger partial charge in [0.05, 0.1) is 5.70 Å². The van der Waals surface area contributed by atoms with E-state index >= 15 is 0 Å². The molecule has 1 atom stereocenters. The summed E-state index contributed by atoms with van der Waals surface area (Å²) in [5.41, 5.74) is 8.51. The summed E-state index contributed by atoms with van der Waals surface area (Å²) in [5, 5.41) is 0. The first-order valence-corrected chi connectivity index (χ1v) is 8.04. The van der Waals surface area contributed by atoms with Crippen molar-refractivity contribution in [1.82, 2.24) is 9.80 Å². The van der Waals surface area contributed by atoms with E-state index in [0.717, 1.165) is 43.1 Å². The van der Waals surface area contributed by atoms with Gasteiger partial charge in [0.2, 0.25) is 0 Å². The molecule has 1 saturated heterocycles. The smallest absolute Gasteiger partial charge is 0.0501 e. The van der Waals surface area contributed by atoms with Crippen LogP contribution in [-0.2, 0) is 0 Å². The summed E-state index contributed by atoms with van der Waals surface area (Å²) in [6, 6.07) is 8.64. The zero-order valence-electron chi connectivity index (χ0n) is 14.0. The predicted octanol–water partition coefficient (Wildman–Crippen LogP) is 2.62. The van der Waals surface area contributed by atoms with Gasteiger partial charge in [-0.05, 0) is 26.8 Å². The molecule has 0 saturated carbocycles. The minimum atomic E-state index is 0.260. The first-order valence-electron chi connectivity index (χ1n) is 8.04. The number of benzene rings is 1. The maximum atomic E-state index is 5.93. The highest BCUT2D eigenvalue weighted by Crippen LogP contribution is 2.15. The van der Waals surface area contributed by atoms with Crippen LogP contribution in [0.5, 0.6) is 0 Å². The Hall–Kier alpha value is -1.65. The van der Waals surface area contributed by atoms with Gasteiger partial charge in [-0.1, -0.05) is 24.8 Å². The summed E-state index contributed by atoms with van der Waals surface area (Å²) in [6.07, 6.45) is 1.82. The van der Waals surface area contributed by atoms with Crippen molar-refractivity contribution >= 4 is 11.9 Å². The van der Waals surface area contributed by atoms with Gasteiger partial charge in [-0.3, -0.25) is 14.8 Å². The Labute approximate surface area is 134 Å². The van der Waals surface area contributed by atoms with Crippen LogP contribution in [0.1, 0.15) is 26.3 Å². The quantitative estimate of drug-likeness (QED) is 0.671. The molecule has 1 aliphatic rings. The first kappa shape index (κ1) is 16.7. The Morgan fingerprint density at radius 2 is 1.73 bits per heavy atom. The molecule has 1 unspecified atom stereocenters. The van der Waals surface area contributed by atoms with Gasteiger partial charge in [-0.25, -0.2) is 0 Å². The number of nitrogen functional groups attached to an aromatic ring is 1. The van der Waals surface area contributed by atoms with Crippen molar-refractivity contribution in [3.63, 3.8) is 0 Å². The Balaban J connectivity index is 1.92. The fourth-order valence-electron chi connectivity index (χ4n) is 2.74. The van der Waals surface area contributed by atoms with E-state index in [1.807, 2.05) is 30.5 Å². The number of rotatable bonds is 5. The van der Waals surface area contributed by atoms with Crippen molar-refractivity contribution in [3.05, 3.63) is 42.1 Å². The first-order chi connectivity index (χ1) is 10.5. The average Bonchev–Trinajstić information content (AvgIpc) is 2.53. The second kappa shape index (κ2) is 7.56. The van der Waals surface area contributed by atoms with E-state index in [9.17, 15) is 0 Å². The normalized spacial score (nSPS) is 18.9. The van der Waals surface area contributed by atoms with E-state index in [-0.39, 0.29) is 6.04 Å². The topological polar surface area (TPSA) is 44.9 Å². The molecule has 1 aromatic rings. The van der Waals surface area contributed by atoms with Gasteiger partial charge >= 0.3 is 0 Å².